The molecule has 0 saturated carbocycles. The summed E-state index contributed by atoms with van der Waals surface area (Å²) in [5, 5.41) is 3.44. The molecule has 0 aliphatic rings. The molecule has 0 saturated heterocycles. The highest BCUT2D eigenvalue weighted by atomic mass is 35.5. The summed E-state index contributed by atoms with van der Waals surface area (Å²) < 4.78 is 0. The summed E-state index contributed by atoms with van der Waals surface area (Å²) in [6.07, 6.45) is 1.51. The molecule has 0 atom stereocenters. The Balaban J connectivity index is 2.19. The number of nitrogen functional groups attached to an aromatic ring is 1. The van der Waals surface area contributed by atoms with E-state index in [-0.39, 0.29) is 5.91 Å². The number of carbonyl (C=O) groups is 1. The van der Waals surface area contributed by atoms with Crippen LogP contribution in [-0.4, -0.2) is 10.9 Å². The fourth-order valence-corrected chi connectivity index (χ4v) is 1.67. The van der Waals surface area contributed by atoms with Gasteiger partial charge in [-0.05, 0) is 30.3 Å². The number of benzene rings is 1. The van der Waals surface area contributed by atoms with E-state index in [0.29, 0.717) is 27.1 Å². The van der Waals surface area contributed by atoms with Gasteiger partial charge in [0.2, 0.25) is 0 Å². The van der Waals surface area contributed by atoms with Gasteiger partial charge in [-0.1, -0.05) is 23.2 Å². The van der Waals surface area contributed by atoms with E-state index in [1.165, 1.54) is 12.3 Å². The first-order valence-electron chi connectivity index (χ1n) is 5.04. The first-order chi connectivity index (χ1) is 8.56. The summed E-state index contributed by atoms with van der Waals surface area (Å²) in [5.74, 6) is 0.0483. The molecule has 6 heteroatoms. The largest absolute Gasteiger partial charge is 0.398 e. The van der Waals surface area contributed by atoms with Crippen LogP contribution in [0.5, 0.6) is 0 Å². The lowest BCUT2D eigenvalue weighted by Gasteiger charge is -2.05. The highest BCUT2D eigenvalue weighted by molar-refractivity contribution is 6.33. The van der Waals surface area contributed by atoms with Crippen LogP contribution in [0.1, 0.15) is 10.4 Å². The zero-order chi connectivity index (χ0) is 13.1. The maximum absolute atomic E-state index is 11.9. The zero-order valence-corrected chi connectivity index (χ0v) is 10.7. The van der Waals surface area contributed by atoms with E-state index in [9.17, 15) is 4.79 Å². The van der Waals surface area contributed by atoms with Crippen molar-refractivity contribution in [2.45, 2.75) is 0 Å². The monoisotopic (exact) mass is 281 g/mol. The molecule has 0 bridgehead atoms. The van der Waals surface area contributed by atoms with Gasteiger partial charge in [0.1, 0.15) is 5.82 Å². The molecule has 4 nitrogen and oxygen atoms in total. The lowest BCUT2D eigenvalue weighted by atomic mass is 10.2. The van der Waals surface area contributed by atoms with Crippen molar-refractivity contribution in [3.63, 3.8) is 0 Å². The second kappa shape index (κ2) is 5.25. The lowest BCUT2D eigenvalue weighted by Crippen LogP contribution is -2.13. The zero-order valence-electron chi connectivity index (χ0n) is 9.15. The molecule has 2 rings (SSSR count). The molecule has 0 spiro atoms. The second-order valence-corrected chi connectivity index (χ2v) is 4.39. The SMILES string of the molecule is Nc1ccc(C(=O)Nc2cc(Cl)ccn2)cc1Cl. The lowest BCUT2D eigenvalue weighted by molar-refractivity contribution is 0.102. The molecule has 1 aromatic heterocycles. The number of hydrogen-bond acceptors (Lipinski definition) is 3. The molecule has 1 aromatic carbocycles. The summed E-state index contributed by atoms with van der Waals surface area (Å²) in [7, 11) is 0. The van der Waals surface area contributed by atoms with Crippen molar-refractivity contribution in [2.75, 3.05) is 11.1 Å². The molecule has 1 amide bonds. The van der Waals surface area contributed by atoms with E-state index < -0.39 is 0 Å². The first-order valence-corrected chi connectivity index (χ1v) is 5.80. The van der Waals surface area contributed by atoms with E-state index in [0.717, 1.165) is 0 Å². The predicted molar refractivity (Wildman–Crippen MR) is 73.1 cm³/mol. The first kappa shape index (κ1) is 12.7. The molecular formula is C12H9Cl2N3O. The smallest absolute Gasteiger partial charge is 0.256 e. The fraction of sp³-hybridized carbons (Fsp3) is 0. The Morgan fingerprint density at radius 1 is 1.22 bits per heavy atom. The Morgan fingerprint density at radius 3 is 2.67 bits per heavy atom. The minimum absolute atomic E-state index is 0.327. The fourth-order valence-electron chi connectivity index (χ4n) is 1.33. The van der Waals surface area contributed by atoms with Gasteiger partial charge in [0.15, 0.2) is 0 Å². The van der Waals surface area contributed by atoms with Gasteiger partial charge in [-0.2, -0.15) is 0 Å². The van der Waals surface area contributed by atoms with Crippen LogP contribution in [0.3, 0.4) is 0 Å². The van der Waals surface area contributed by atoms with Gasteiger partial charge in [-0.3, -0.25) is 4.79 Å². The maximum Gasteiger partial charge on any atom is 0.256 e. The average molecular weight is 282 g/mol. The highest BCUT2D eigenvalue weighted by Gasteiger charge is 2.08. The van der Waals surface area contributed by atoms with Gasteiger partial charge in [0.25, 0.3) is 5.91 Å². The number of nitrogens with zero attached hydrogens (tertiary/aromatic N) is 1. The highest BCUT2D eigenvalue weighted by Crippen LogP contribution is 2.20. The Bertz CT molecular complexity index is 602. The maximum atomic E-state index is 11.9. The Kier molecular flexibility index (Phi) is 3.69. The van der Waals surface area contributed by atoms with Gasteiger partial charge in [0.05, 0.1) is 10.7 Å². The van der Waals surface area contributed by atoms with Crippen molar-refractivity contribution in [2.24, 2.45) is 0 Å². The van der Waals surface area contributed by atoms with Crippen molar-refractivity contribution >= 4 is 40.6 Å². The van der Waals surface area contributed by atoms with Gasteiger partial charge < -0.3 is 11.1 Å². The van der Waals surface area contributed by atoms with Crippen LogP contribution in [0.2, 0.25) is 10.0 Å². The molecule has 2 aromatic rings. The molecular weight excluding hydrogens is 273 g/mol. The van der Waals surface area contributed by atoms with Gasteiger partial charge in [-0.25, -0.2) is 4.98 Å². The number of pyridine rings is 1. The third-order valence-corrected chi connectivity index (χ3v) is 2.79. The number of halogens is 2. The molecule has 0 aliphatic heterocycles. The number of anilines is 2. The van der Waals surface area contributed by atoms with E-state index in [2.05, 4.69) is 10.3 Å². The summed E-state index contributed by atoms with van der Waals surface area (Å²) in [6, 6.07) is 7.83. The molecule has 0 radical (unpaired) electrons. The molecule has 92 valence electrons. The van der Waals surface area contributed by atoms with Crippen molar-refractivity contribution in [1.29, 1.82) is 0 Å². The predicted octanol–water partition coefficient (Wildman–Crippen LogP) is 3.22. The van der Waals surface area contributed by atoms with E-state index in [1.807, 2.05) is 0 Å². The van der Waals surface area contributed by atoms with Crippen LogP contribution >= 0.6 is 23.2 Å². The number of nitrogens with one attached hydrogen (secondary N) is 1. The Morgan fingerprint density at radius 2 is 2.00 bits per heavy atom. The molecule has 18 heavy (non-hydrogen) atoms. The summed E-state index contributed by atoms with van der Waals surface area (Å²) in [6.45, 7) is 0. The minimum Gasteiger partial charge on any atom is -0.398 e. The van der Waals surface area contributed by atoms with Crippen molar-refractivity contribution in [3.8, 4) is 0 Å². The van der Waals surface area contributed by atoms with E-state index >= 15 is 0 Å². The van der Waals surface area contributed by atoms with Gasteiger partial charge >= 0.3 is 0 Å². The van der Waals surface area contributed by atoms with Crippen LogP contribution in [0, 0.1) is 0 Å². The Hall–Kier alpha value is -1.78. The number of amides is 1. The van der Waals surface area contributed by atoms with Crippen LogP contribution in [0.25, 0.3) is 0 Å². The number of carbonyl (C=O) groups excluding carboxylic acids is 1. The van der Waals surface area contributed by atoms with Crippen LogP contribution in [0.15, 0.2) is 36.5 Å². The molecule has 0 aliphatic carbocycles. The topological polar surface area (TPSA) is 68.0 Å². The van der Waals surface area contributed by atoms with E-state index in [1.54, 1.807) is 24.3 Å². The number of rotatable bonds is 2. The number of aromatic nitrogens is 1. The minimum atomic E-state index is -0.327. The van der Waals surface area contributed by atoms with Gasteiger partial charge in [0, 0.05) is 16.8 Å². The number of hydrogen-bond donors (Lipinski definition) is 2. The van der Waals surface area contributed by atoms with E-state index in [4.69, 9.17) is 28.9 Å². The molecule has 0 fully saturated rings. The van der Waals surface area contributed by atoms with Crippen LogP contribution in [0.4, 0.5) is 11.5 Å². The third-order valence-electron chi connectivity index (χ3n) is 2.23. The standard InChI is InChI=1S/C12H9Cl2N3O/c13-8-3-4-16-11(6-8)17-12(18)7-1-2-10(15)9(14)5-7/h1-6H,15H2,(H,16,17,18). The third kappa shape index (κ3) is 2.91. The molecule has 0 unspecified atom stereocenters. The number of nitrogens with two attached hydrogens (primary N) is 1. The van der Waals surface area contributed by atoms with Crippen molar-refractivity contribution in [3.05, 3.63) is 52.1 Å². The summed E-state index contributed by atoms with van der Waals surface area (Å²) in [4.78, 5) is 15.9. The van der Waals surface area contributed by atoms with Crippen molar-refractivity contribution < 1.29 is 4.79 Å². The quantitative estimate of drug-likeness (QED) is 0.831. The second-order valence-electron chi connectivity index (χ2n) is 3.55. The Labute approximate surface area is 114 Å². The summed E-state index contributed by atoms with van der Waals surface area (Å²) >= 11 is 11.6. The molecule has 3 N–H and O–H groups in total. The average Bonchev–Trinajstić information content (AvgIpc) is 2.32. The molecule has 1 heterocycles. The summed E-state index contributed by atoms with van der Waals surface area (Å²) in [5.41, 5.74) is 6.39. The van der Waals surface area contributed by atoms with Gasteiger partial charge in [-0.15, -0.1) is 0 Å². The van der Waals surface area contributed by atoms with Crippen LogP contribution < -0.4 is 11.1 Å². The van der Waals surface area contributed by atoms with Crippen molar-refractivity contribution in [1.82, 2.24) is 4.98 Å². The normalized spacial score (nSPS) is 10.1. The van der Waals surface area contributed by atoms with Crippen LogP contribution in [-0.2, 0) is 0 Å².